The van der Waals surface area contributed by atoms with Crippen LogP contribution in [0.4, 0.5) is 0 Å². The van der Waals surface area contributed by atoms with Crippen LogP contribution in [0.15, 0.2) is 53.0 Å². The molecule has 0 spiro atoms. The topological polar surface area (TPSA) is 59.3 Å². The van der Waals surface area contributed by atoms with E-state index in [-0.39, 0.29) is 11.2 Å². The number of hydrogen-bond donors (Lipinski definition) is 1. The Morgan fingerprint density at radius 3 is 2.93 bits per heavy atom. The van der Waals surface area contributed by atoms with Crippen LogP contribution < -0.4 is 5.32 Å². The summed E-state index contributed by atoms with van der Waals surface area (Å²) in [6, 6.07) is 14.4. The lowest BCUT2D eigenvalue weighted by Gasteiger charge is -2.12. The number of thioether (sulfide) groups is 1. The summed E-state index contributed by atoms with van der Waals surface area (Å²) < 4.78 is 2.03. The Morgan fingerprint density at radius 2 is 2.11 bits per heavy atom. The molecule has 0 fully saturated rings. The van der Waals surface area contributed by atoms with Crippen molar-refractivity contribution in [1.29, 1.82) is 0 Å². The maximum atomic E-state index is 12.5. The number of carbonyl (C=O) groups excluding carboxylic acids is 1. The van der Waals surface area contributed by atoms with E-state index in [1.54, 1.807) is 11.3 Å². The molecular weight excluding hydrogens is 376 g/mol. The number of amides is 1. The van der Waals surface area contributed by atoms with Crippen LogP contribution in [-0.4, -0.2) is 32.3 Å². The third kappa shape index (κ3) is 3.70. The van der Waals surface area contributed by atoms with Crippen molar-refractivity contribution < 1.29 is 4.79 Å². The Balaban J connectivity index is 1.51. The van der Waals surface area contributed by atoms with Crippen molar-refractivity contribution in [3.63, 3.8) is 0 Å². The zero-order valence-electron chi connectivity index (χ0n) is 15.2. The third-order valence-electron chi connectivity index (χ3n) is 4.48. The minimum atomic E-state index is -0.249. The third-order valence-corrected chi connectivity index (χ3v) is 6.45. The predicted octanol–water partition coefficient (Wildman–Crippen LogP) is 4.09. The Bertz CT molecular complexity index is 1090. The molecule has 0 radical (unpaired) electrons. The second kappa shape index (κ2) is 7.70. The van der Waals surface area contributed by atoms with E-state index in [2.05, 4.69) is 46.0 Å². The van der Waals surface area contributed by atoms with E-state index in [9.17, 15) is 4.79 Å². The van der Waals surface area contributed by atoms with Gasteiger partial charge in [0.05, 0.1) is 10.8 Å². The van der Waals surface area contributed by atoms with Crippen LogP contribution in [0.2, 0.25) is 0 Å². The summed E-state index contributed by atoms with van der Waals surface area (Å²) in [4.78, 5) is 13.7. The molecule has 27 heavy (non-hydrogen) atoms. The maximum Gasteiger partial charge on any atom is 0.233 e. The second-order valence-corrected chi connectivity index (χ2v) is 8.74. The number of carbonyl (C=O) groups is 1. The molecule has 0 aliphatic rings. The number of benzene rings is 1. The summed E-state index contributed by atoms with van der Waals surface area (Å²) in [5, 5.41) is 15.4. The number of pyridine rings is 1. The van der Waals surface area contributed by atoms with Gasteiger partial charge in [-0.15, -0.1) is 21.5 Å². The number of aryl methyl sites for hydroxylation is 1. The van der Waals surface area contributed by atoms with Gasteiger partial charge in [-0.1, -0.05) is 36.0 Å². The van der Waals surface area contributed by atoms with Crippen LogP contribution in [-0.2, 0) is 11.2 Å². The number of rotatable bonds is 6. The van der Waals surface area contributed by atoms with Crippen LogP contribution in [0.5, 0.6) is 0 Å². The molecule has 0 aliphatic carbocycles. The Morgan fingerprint density at radius 1 is 1.26 bits per heavy atom. The largest absolute Gasteiger partial charge is 0.355 e. The smallest absolute Gasteiger partial charge is 0.233 e. The van der Waals surface area contributed by atoms with Gasteiger partial charge in [0, 0.05) is 16.8 Å². The lowest BCUT2D eigenvalue weighted by molar-refractivity contribution is -0.120. The number of nitrogens with one attached hydrogen (secondary N) is 1. The maximum absolute atomic E-state index is 12.5. The van der Waals surface area contributed by atoms with Gasteiger partial charge in [-0.05, 0) is 49.4 Å². The molecule has 1 atom stereocenters. The summed E-state index contributed by atoms with van der Waals surface area (Å²) >= 11 is 3.15. The highest BCUT2D eigenvalue weighted by atomic mass is 32.2. The van der Waals surface area contributed by atoms with Gasteiger partial charge >= 0.3 is 0 Å². The highest BCUT2D eigenvalue weighted by molar-refractivity contribution is 8.00. The minimum Gasteiger partial charge on any atom is -0.355 e. The molecule has 5 nitrogen and oxygen atoms in total. The molecular formula is C20H20N4OS2. The van der Waals surface area contributed by atoms with E-state index in [1.807, 2.05) is 35.6 Å². The fourth-order valence-electron chi connectivity index (χ4n) is 3.07. The normalized spacial score (nSPS) is 12.5. The van der Waals surface area contributed by atoms with Crippen molar-refractivity contribution in [1.82, 2.24) is 19.9 Å². The zero-order chi connectivity index (χ0) is 18.8. The fourth-order valence-corrected chi connectivity index (χ4v) is 4.67. The van der Waals surface area contributed by atoms with Crippen molar-refractivity contribution in [3.8, 4) is 0 Å². The summed E-state index contributed by atoms with van der Waals surface area (Å²) in [5.74, 6) is 0.0183. The number of nitrogens with zero attached hydrogens (tertiary/aromatic N) is 3. The van der Waals surface area contributed by atoms with Gasteiger partial charge in [0.1, 0.15) is 0 Å². The molecule has 0 saturated heterocycles. The van der Waals surface area contributed by atoms with E-state index in [0.29, 0.717) is 6.54 Å². The molecule has 4 aromatic rings. The SMILES string of the molecule is Cc1cc2nnc(S[C@@H](C)C(=O)NCCc3cccs3)n2c2ccccc12. The first-order chi connectivity index (χ1) is 13.1. The predicted molar refractivity (Wildman–Crippen MR) is 112 cm³/mol. The van der Waals surface area contributed by atoms with Crippen LogP contribution in [0, 0.1) is 6.92 Å². The molecule has 1 amide bonds. The van der Waals surface area contributed by atoms with E-state index < -0.39 is 0 Å². The van der Waals surface area contributed by atoms with Crippen LogP contribution in [0.25, 0.3) is 16.6 Å². The van der Waals surface area contributed by atoms with Gasteiger partial charge in [-0.2, -0.15) is 0 Å². The number of para-hydroxylation sites is 1. The van der Waals surface area contributed by atoms with Gasteiger partial charge in [0.15, 0.2) is 10.8 Å². The summed E-state index contributed by atoms with van der Waals surface area (Å²) in [5.41, 5.74) is 3.03. The van der Waals surface area contributed by atoms with Crippen molar-refractivity contribution in [2.75, 3.05) is 6.54 Å². The van der Waals surface area contributed by atoms with E-state index in [4.69, 9.17) is 0 Å². The van der Waals surface area contributed by atoms with Gasteiger partial charge in [0.2, 0.25) is 5.91 Å². The second-order valence-electron chi connectivity index (χ2n) is 6.40. The quantitative estimate of drug-likeness (QED) is 0.499. The standard InChI is InChI=1S/C20H20N4OS2/c1-13-12-18-22-23-20(24(18)17-8-4-3-7-16(13)17)27-14(2)19(25)21-10-9-15-6-5-11-26-15/h3-8,11-12,14H,9-10H2,1-2H3,(H,21,25)/t14-/m0/s1. The highest BCUT2D eigenvalue weighted by Crippen LogP contribution is 2.27. The van der Waals surface area contributed by atoms with Gasteiger partial charge in [0.25, 0.3) is 0 Å². The summed E-state index contributed by atoms with van der Waals surface area (Å²) in [6.45, 7) is 4.63. The zero-order valence-corrected chi connectivity index (χ0v) is 16.8. The number of thiophene rings is 1. The lowest BCUT2D eigenvalue weighted by Crippen LogP contribution is -2.32. The molecule has 3 aromatic heterocycles. The highest BCUT2D eigenvalue weighted by Gasteiger charge is 2.19. The van der Waals surface area contributed by atoms with Crippen molar-refractivity contribution >= 4 is 45.6 Å². The minimum absolute atomic E-state index is 0.0183. The van der Waals surface area contributed by atoms with Crippen LogP contribution >= 0.6 is 23.1 Å². The van der Waals surface area contributed by atoms with Crippen molar-refractivity contribution in [3.05, 3.63) is 58.3 Å². The molecule has 1 aromatic carbocycles. The van der Waals surface area contributed by atoms with Crippen LogP contribution in [0.3, 0.4) is 0 Å². The Hall–Kier alpha value is -2.38. The van der Waals surface area contributed by atoms with Gasteiger partial charge < -0.3 is 5.32 Å². The van der Waals surface area contributed by atoms with Gasteiger partial charge in [-0.3, -0.25) is 9.20 Å². The van der Waals surface area contributed by atoms with Crippen molar-refractivity contribution in [2.24, 2.45) is 0 Å². The van der Waals surface area contributed by atoms with Crippen molar-refractivity contribution in [2.45, 2.75) is 30.7 Å². The van der Waals surface area contributed by atoms with Gasteiger partial charge in [-0.25, -0.2) is 0 Å². The molecule has 0 bridgehead atoms. The first-order valence-electron chi connectivity index (χ1n) is 8.83. The van der Waals surface area contributed by atoms with E-state index in [1.165, 1.54) is 27.6 Å². The number of fused-ring (bicyclic) bond motifs is 3. The monoisotopic (exact) mass is 396 g/mol. The van der Waals surface area contributed by atoms with E-state index in [0.717, 1.165) is 22.7 Å². The summed E-state index contributed by atoms with van der Waals surface area (Å²) in [7, 11) is 0. The molecule has 0 aliphatic heterocycles. The lowest BCUT2D eigenvalue weighted by atomic mass is 10.1. The molecule has 0 saturated carbocycles. The molecule has 7 heteroatoms. The average molecular weight is 397 g/mol. The van der Waals surface area contributed by atoms with E-state index >= 15 is 0 Å². The fraction of sp³-hybridized carbons (Fsp3) is 0.250. The first kappa shape index (κ1) is 18.0. The molecule has 4 rings (SSSR count). The molecule has 1 N–H and O–H groups in total. The number of aromatic nitrogens is 3. The molecule has 138 valence electrons. The molecule has 0 unspecified atom stereocenters. The average Bonchev–Trinajstić information content (AvgIpc) is 3.32. The molecule has 3 heterocycles. The first-order valence-corrected chi connectivity index (χ1v) is 10.6. The Kier molecular flexibility index (Phi) is 5.13. The summed E-state index contributed by atoms with van der Waals surface area (Å²) in [6.07, 6.45) is 0.860. The Labute approximate surface area is 165 Å². The van der Waals surface area contributed by atoms with Crippen LogP contribution in [0.1, 0.15) is 17.4 Å². The number of hydrogen-bond acceptors (Lipinski definition) is 5.